The summed E-state index contributed by atoms with van der Waals surface area (Å²) in [6.45, 7) is 1.45. The van der Waals surface area contributed by atoms with Crippen LogP contribution in [0, 0.1) is 3.57 Å². The van der Waals surface area contributed by atoms with Crippen molar-refractivity contribution in [2.24, 2.45) is 0 Å². The normalized spacial score (nSPS) is 11.0. The molecule has 0 aromatic heterocycles. The van der Waals surface area contributed by atoms with Gasteiger partial charge in [-0.25, -0.2) is 4.79 Å². The molecule has 1 aromatic rings. The van der Waals surface area contributed by atoms with Gasteiger partial charge in [0, 0.05) is 20.9 Å². The zero-order valence-electron chi connectivity index (χ0n) is 8.53. The van der Waals surface area contributed by atoms with Gasteiger partial charge in [-0.05, 0) is 53.8 Å². The molecule has 2 N–H and O–H groups in total. The summed E-state index contributed by atoms with van der Waals surface area (Å²) >= 11 is 2.16. The molecule has 0 aliphatic heterocycles. The van der Waals surface area contributed by atoms with Crippen molar-refractivity contribution in [1.82, 2.24) is 0 Å². The Balaban J connectivity index is 2.71. The number of benzene rings is 1. The van der Waals surface area contributed by atoms with Crippen molar-refractivity contribution in [3.63, 3.8) is 0 Å². The minimum Gasteiger partial charge on any atom is -0.478 e. The molecule has 84 valence electrons. The van der Waals surface area contributed by atoms with E-state index in [0.29, 0.717) is 5.69 Å². The quantitative estimate of drug-likeness (QED) is 0.660. The van der Waals surface area contributed by atoms with Crippen molar-refractivity contribution in [3.8, 4) is 0 Å². The molecule has 16 heavy (non-hydrogen) atoms. The van der Waals surface area contributed by atoms with E-state index < -0.39 is 11.9 Å². The lowest BCUT2D eigenvalue weighted by atomic mass is 10.2. The second-order valence-corrected chi connectivity index (χ2v) is 4.37. The molecule has 1 amide bonds. The molecule has 0 atom stereocenters. The highest BCUT2D eigenvalue weighted by molar-refractivity contribution is 14.1. The summed E-state index contributed by atoms with van der Waals surface area (Å²) in [6.07, 6.45) is 0.877. The SMILES string of the molecule is CC(=CC(=O)O)C(=O)Nc1ccc(I)cc1. The highest BCUT2D eigenvalue weighted by Gasteiger charge is 2.06. The number of carbonyl (C=O) groups excluding carboxylic acids is 1. The molecule has 0 unspecified atom stereocenters. The van der Waals surface area contributed by atoms with Gasteiger partial charge in [-0.1, -0.05) is 0 Å². The molecular weight excluding hydrogens is 321 g/mol. The Morgan fingerprint density at radius 3 is 2.38 bits per heavy atom. The fraction of sp³-hybridized carbons (Fsp3) is 0.0909. The Labute approximate surface area is 106 Å². The molecular formula is C11H10INO3. The van der Waals surface area contributed by atoms with E-state index in [-0.39, 0.29) is 5.57 Å². The average Bonchev–Trinajstić information content (AvgIpc) is 2.20. The van der Waals surface area contributed by atoms with Crippen molar-refractivity contribution >= 4 is 40.2 Å². The van der Waals surface area contributed by atoms with Gasteiger partial charge in [-0.2, -0.15) is 0 Å². The number of nitrogens with one attached hydrogen (secondary N) is 1. The fourth-order valence-electron chi connectivity index (χ4n) is 1.01. The fourth-order valence-corrected chi connectivity index (χ4v) is 1.37. The van der Waals surface area contributed by atoms with E-state index in [1.807, 2.05) is 12.1 Å². The third-order valence-electron chi connectivity index (χ3n) is 1.80. The summed E-state index contributed by atoms with van der Waals surface area (Å²) in [6, 6.07) is 7.22. The van der Waals surface area contributed by atoms with Crippen molar-refractivity contribution in [2.45, 2.75) is 6.92 Å². The van der Waals surface area contributed by atoms with Crippen molar-refractivity contribution in [1.29, 1.82) is 0 Å². The second kappa shape index (κ2) is 5.64. The van der Waals surface area contributed by atoms with E-state index in [9.17, 15) is 9.59 Å². The van der Waals surface area contributed by atoms with Gasteiger partial charge in [-0.3, -0.25) is 4.79 Å². The largest absolute Gasteiger partial charge is 0.478 e. The Kier molecular flexibility index (Phi) is 4.48. The number of carboxylic acids is 1. The number of hydrogen-bond acceptors (Lipinski definition) is 2. The molecule has 0 aliphatic carbocycles. The number of carbonyl (C=O) groups is 2. The topological polar surface area (TPSA) is 66.4 Å². The number of amides is 1. The van der Waals surface area contributed by atoms with E-state index in [4.69, 9.17) is 5.11 Å². The number of hydrogen-bond donors (Lipinski definition) is 2. The van der Waals surface area contributed by atoms with Crippen LogP contribution >= 0.6 is 22.6 Å². The summed E-state index contributed by atoms with van der Waals surface area (Å²) < 4.78 is 1.06. The molecule has 0 radical (unpaired) electrons. The maximum atomic E-state index is 11.5. The standard InChI is InChI=1S/C11H10INO3/c1-7(6-10(14)15)11(16)13-9-4-2-8(12)3-5-9/h2-6H,1H3,(H,13,16)(H,14,15). The van der Waals surface area contributed by atoms with Gasteiger partial charge in [0.15, 0.2) is 0 Å². The Bertz CT molecular complexity index is 437. The van der Waals surface area contributed by atoms with Gasteiger partial charge in [0.2, 0.25) is 0 Å². The van der Waals surface area contributed by atoms with E-state index in [1.165, 1.54) is 6.92 Å². The minimum absolute atomic E-state index is 0.158. The van der Waals surface area contributed by atoms with Crippen molar-refractivity contribution in [2.75, 3.05) is 5.32 Å². The molecule has 0 heterocycles. The molecule has 4 nitrogen and oxygen atoms in total. The second-order valence-electron chi connectivity index (χ2n) is 3.13. The predicted octanol–water partition coefficient (Wildman–Crippen LogP) is 2.26. The molecule has 1 rings (SSSR count). The predicted molar refractivity (Wildman–Crippen MR) is 69.2 cm³/mol. The molecule has 0 aliphatic rings. The molecule has 0 spiro atoms. The van der Waals surface area contributed by atoms with E-state index in [0.717, 1.165) is 9.65 Å². The summed E-state index contributed by atoms with van der Waals surface area (Å²) in [5, 5.41) is 11.1. The van der Waals surface area contributed by atoms with Crippen LogP contribution in [-0.4, -0.2) is 17.0 Å². The van der Waals surface area contributed by atoms with Gasteiger partial charge in [0.1, 0.15) is 0 Å². The Hall–Kier alpha value is -1.37. The summed E-state index contributed by atoms with van der Waals surface area (Å²) in [4.78, 5) is 21.8. The first-order chi connectivity index (χ1) is 7.49. The van der Waals surface area contributed by atoms with Crippen LogP contribution in [0.3, 0.4) is 0 Å². The highest BCUT2D eigenvalue weighted by atomic mass is 127. The molecule has 0 saturated heterocycles. The van der Waals surface area contributed by atoms with Gasteiger partial charge in [-0.15, -0.1) is 0 Å². The van der Waals surface area contributed by atoms with Crippen LogP contribution in [-0.2, 0) is 9.59 Å². The lowest BCUT2D eigenvalue weighted by molar-refractivity contribution is -0.131. The minimum atomic E-state index is -1.13. The van der Waals surface area contributed by atoms with Crippen LogP contribution < -0.4 is 5.32 Å². The van der Waals surface area contributed by atoms with Gasteiger partial charge in [0.05, 0.1) is 0 Å². The van der Waals surface area contributed by atoms with E-state index >= 15 is 0 Å². The van der Waals surface area contributed by atoms with E-state index in [1.54, 1.807) is 12.1 Å². The average molecular weight is 331 g/mol. The Morgan fingerprint density at radius 1 is 1.31 bits per heavy atom. The van der Waals surface area contributed by atoms with Crippen molar-refractivity contribution < 1.29 is 14.7 Å². The number of anilines is 1. The van der Waals surface area contributed by atoms with E-state index in [2.05, 4.69) is 27.9 Å². The number of rotatable bonds is 3. The first-order valence-corrected chi connectivity index (χ1v) is 5.55. The summed E-state index contributed by atoms with van der Waals surface area (Å²) in [5.74, 6) is -1.54. The van der Waals surface area contributed by atoms with Crippen molar-refractivity contribution in [3.05, 3.63) is 39.5 Å². The zero-order valence-corrected chi connectivity index (χ0v) is 10.7. The molecule has 5 heteroatoms. The van der Waals surface area contributed by atoms with Crippen LogP contribution in [0.5, 0.6) is 0 Å². The zero-order chi connectivity index (χ0) is 12.1. The van der Waals surface area contributed by atoms with Gasteiger partial charge >= 0.3 is 5.97 Å². The third-order valence-corrected chi connectivity index (χ3v) is 2.52. The molecule has 0 bridgehead atoms. The maximum Gasteiger partial charge on any atom is 0.328 e. The summed E-state index contributed by atoms with van der Waals surface area (Å²) in [7, 11) is 0. The van der Waals surface area contributed by atoms with Gasteiger partial charge in [0.25, 0.3) is 5.91 Å². The molecule has 1 aromatic carbocycles. The smallest absolute Gasteiger partial charge is 0.328 e. The monoisotopic (exact) mass is 331 g/mol. The number of aliphatic carboxylic acids is 1. The Morgan fingerprint density at radius 2 is 1.88 bits per heavy atom. The first-order valence-electron chi connectivity index (χ1n) is 4.47. The lowest BCUT2D eigenvalue weighted by Crippen LogP contribution is -2.13. The molecule has 0 fully saturated rings. The van der Waals surface area contributed by atoms with Crippen LogP contribution in [0.2, 0.25) is 0 Å². The maximum absolute atomic E-state index is 11.5. The third kappa shape index (κ3) is 4.01. The van der Waals surface area contributed by atoms with Gasteiger partial charge < -0.3 is 10.4 Å². The molecule has 0 saturated carbocycles. The van der Waals surface area contributed by atoms with Crippen LogP contribution in [0.15, 0.2) is 35.9 Å². The van der Waals surface area contributed by atoms with Crippen LogP contribution in [0.4, 0.5) is 5.69 Å². The van der Waals surface area contributed by atoms with Crippen LogP contribution in [0.1, 0.15) is 6.92 Å². The van der Waals surface area contributed by atoms with Crippen LogP contribution in [0.25, 0.3) is 0 Å². The lowest BCUT2D eigenvalue weighted by Gasteiger charge is -2.04. The summed E-state index contributed by atoms with van der Waals surface area (Å²) in [5.41, 5.74) is 0.801. The first kappa shape index (κ1) is 12.7. The number of halogens is 1. The highest BCUT2D eigenvalue weighted by Crippen LogP contribution is 2.12. The number of carboxylic acid groups (broad SMARTS) is 1.